The molecule has 8 nitrogen and oxygen atoms in total. The largest absolute Gasteiger partial charge is 0.484 e. The molecule has 2 aromatic rings. The van der Waals surface area contributed by atoms with E-state index in [1.807, 2.05) is 0 Å². The zero-order chi connectivity index (χ0) is 20.4. The summed E-state index contributed by atoms with van der Waals surface area (Å²) in [6, 6.07) is 14.8. The number of carbonyl (C=O) groups is 1. The van der Waals surface area contributed by atoms with Gasteiger partial charge in [0.2, 0.25) is 10.0 Å². The maximum absolute atomic E-state index is 12.1. The maximum Gasteiger partial charge on any atom is 0.262 e. The number of benzene rings is 2. The molecule has 2 aromatic carbocycles. The number of hydrogen-bond donors (Lipinski definition) is 2. The van der Waals surface area contributed by atoms with E-state index in [1.54, 1.807) is 24.3 Å². The Morgan fingerprint density at radius 1 is 1.11 bits per heavy atom. The first-order chi connectivity index (χ1) is 13.4. The Morgan fingerprint density at radius 3 is 2.39 bits per heavy atom. The van der Waals surface area contributed by atoms with E-state index in [9.17, 15) is 13.2 Å². The fourth-order valence-corrected chi connectivity index (χ4v) is 3.23. The second-order valence-electron chi connectivity index (χ2n) is 5.73. The summed E-state index contributed by atoms with van der Waals surface area (Å²) in [7, 11) is -2.13. The van der Waals surface area contributed by atoms with Gasteiger partial charge in [0, 0.05) is 19.3 Å². The summed E-state index contributed by atoms with van der Waals surface area (Å²) in [5, 5.41) is 11.3. The van der Waals surface area contributed by atoms with Crippen molar-refractivity contribution in [2.45, 2.75) is 11.3 Å². The number of rotatable bonds is 10. The Kier molecular flexibility index (Phi) is 7.95. The molecule has 0 aliphatic carbocycles. The van der Waals surface area contributed by atoms with Gasteiger partial charge in [-0.25, -0.2) is 13.1 Å². The number of nitriles is 1. The van der Waals surface area contributed by atoms with E-state index in [2.05, 4.69) is 16.1 Å². The van der Waals surface area contributed by atoms with Gasteiger partial charge in [0.25, 0.3) is 5.91 Å². The van der Waals surface area contributed by atoms with E-state index in [0.29, 0.717) is 17.9 Å². The molecule has 0 bridgehead atoms. The maximum atomic E-state index is 12.1. The highest BCUT2D eigenvalue weighted by Gasteiger charge is 2.13. The fraction of sp³-hybridized carbons (Fsp3) is 0.263. The van der Waals surface area contributed by atoms with Crippen molar-refractivity contribution < 1.29 is 22.7 Å². The van der Waals surface area contributed by atoms with E-state index in [1.165, 1.54) is 31.4 Å². The number of anilines is 1. The van der Waals surface area contributed by atoms with Crippen LogP contribution >= 0.6 is 0 Å². The molecule has 0 aliphatic rings. The minimum atomic E-state index is -3.61. The zero-order valence-corrected chi connectivity index (χ0v) is 16.2. The third-order valence-electron chi connectivity index (χ3n) is 3.62. The Bertz CT molecular complexity index is 920. The lowest BCUT2D eigenvalue weighted by Gasteiger charge is -2.09. The van der Waals surface area contributed by atoms with Gasteiger partial charge in [0.15, 0.2) is 6.61 Å². The van der Waals surface area contributed by atoms with Crippen molar-refractivity contribution in [3.05, 3.63) is 54.1 Å². The van der Waals surface area contributed by atoms with Crippen LogP contribution < -0.4 is 14.8 Å². The fourth-order valence-electron chi connectivity index (χ4n) is 2.22. The van der Waals surface area contributed by atoms with Gasteiger partial charge >= 0.3 is 0 Å². The highest BCUT2D eigenvalue weighted by Crippen LogP contribution is 2.16. The topological polar surface area (TPSA) is 118 Å². The number of amides is 1. The van der Waals surface area contributed by atoms with Gasteiger partial charge in [0.1, 0.15) is 5.75 Å². The second-order valence-corrected chi connectivity index (χ2v) is 7.50. The van der Waals surface area contributed by atoms with Crippen LogP contribution in [0.15, 0.2) is 53.4 Å². The van der Waals surface area contributed by atoms with Crippen LogP contribution in [0, 0.1) is 11.3 Å². The summed E-state index contributed by atoms with van der Waals surface area (Å²) in [5.41, 5.74) is 1.46. The molecular formula is C19H21N3O5S. The van der Waals surface area contributed by atoms with Crippen LogP contribution in [0.4, 0.5) is 5.69 Å². The van der Waals surface area contributed by atoms with Gasteiger partial charge in [-0.3, -0.25) is 4.79 Å². The average molecular weight is 403 g/mol. The normalized spacial score (nSPS) is 10.9. The van der Waals surface area contributed by atoms with Gasteiger partial charge in [-0.1, -0.05) is 12.1 Å². The minimum absolute atomic E-state index is 0.0952. The molecule has 0 saturated heterocycles. The van der Waals surface area contributed by atoms with Gasteiger partial charge in [-0.15, -0.1) is 0 Å². The summed E-state index contributed by atoms with van der Waals surface area (Å²) in [6.45, 7) is 0.226. The predicted octanol–water partition coefficient (Wildman–Crippen LogP) is 1.69. The van der Waals surface area contributed by atoms with Crippen LogP contribution in [0.1, 0.15) is 5.56 Å². The first-order valence-corrected chi connectivity index (χ1v) is 9.90. The first-order valence-electron chi connectivity index (χ1n) is 8.42. The molecule has 0 atom stereocenters. The Morgan fingerprint density at radius 2 is 1.79 bits per heavy atom. The number of ether oxygens (including phenoxy) is 2. The summed E-state index contributed by atoms with van der Waals surface area (Å²) >= 11 is 0. The van der Waals surface area contributed by atoms with Gasteiger partial charge in [-0.05, 0) is 42.0 Å². The van der Waals surface area contributed by atoms with Crippen molar-refractivity contribution in [1.82, 2.24) is 4.72 Å². The Hall–Kier alpha value is -2.93. The highest BCUT2D eigenvalue weighted by molar-refractivity contribution is 7.89. The van der Waals surface area contributed by atoms with E-state index in [0.717, 1.165) is 5.56 Å². The third-order valence-corrected chi connectivity index (χ3v) is 5.10. The SMILES string of the molecule is COCCNS(=O)(=O)c1ccc(OCC(=O)Nc2ccc(CC#N)cc2)cc1. The molecule has 0 saturated carbocycles. The molecule has 0 unspecified atom stereocenters. The molecule has 1 amide bonds. The summed E-state index contributed by atoms with van der Waals surface area (Å²) in [6.07, 6.45) is 0.310. The molecular weight excluding hydrogens is 382 g/mol. The van der Waals surface area contributed by atoms with E-state index in [-0.39, 0.29) is 30.6 Å². The molecule has 0 heterocycles. The molecule has 2 rings (SSSR count). The molecule has 28 heavy (non-hydrogen) atoms. The van der Waals surface area contributed by atoms with Crippen molar-refractivity contribution in [2.75, 3.05) is 32.2 Å². The van der Waals surface area contributed by atoms with E-state index >= 15 is 0 Å². The molecule has 2 N–H and O–H groups in total. The lowest BCUT2D eigenvalue weighted by molar-refractivity contribution is -0.118. The van der Waals surface area contributed by atoms with Crippen molar-refractivity contribution in [2.24, 2.45) is 0 Å². The predicted molar refractivity (Wildman–Crippen MR) is 103 cm³/mol. The van der Waals surface area contributed by atoms with Crippen LogP contribution in [-0.2, 0) is 26.0 Å². The molecule has 0 radical (unpaired) electrons. The van der Waals surface area contributed by atoms with Crippen LogP contribution in [-0.4, -0.2) is 41.2 Å². The molecule has 0 spiro atoms. The number of methoxy groups -OCH3 is 1. The smallest absolute Gasteiger partial charge is 0.262 e. The van der Waals surface area contributed by atoms with Crippen molar-refractivity contribution >= 4 is 21.6 Å². The number of carbonyl (C=O) groups excluding carboxylic acids is 1. The number of nitrogens with zero attached hydrogens (tertiary/aromatic N) is 1. The number of sulfonamides is 1. The Balaban J connectivity index is 1.85. The van der Waals surface area contributed by atoms with Gasteiger partial charge in [-0.2, -0.15) is 5.26 Å². The summed E-state index contributed by atoms with van der Waals surface area (Å²) in [5.74, 6) is 0.0151. The lowest BCUT2D eigenvalue weighted by atomic mass is 10.1. The van der Waals surface area contributed by atoms with Crippen molar-refractivity contribution in [3.8, 4) is 11.8 Å². The van der Waals surface area contributed by atoms with Crippen LogP contribution in [0.25, 0.3) is 0 Å². The average Bonchev–Trinajstić information content (AvgIpc) is 2.68. The molecule has 0 fully saturated rings. The standard InChI is InChI=1S/C19H21N3O5S/c1-26-13-12-21-28(24,25)18-8-6-17(7-9-18)27-14-19(23)22-16-4-2-15(3-5-16)10-11-20/h2-9,21H,10,12-14H2,1H3,(H,22,23). The van der Waals surface area contributed by atoms with E-state index in [4.69, 9.17) is 14.7 Å². The lowest BCUT2D eigenvalue weighted by Crippen LogP contribution is -2.27. The van der Waals surface area contributed by atoms with Crippen molar-refractivity contribution in [3.63, 3.8) is 0 Å². The summed E-state index contributed by atoms with van der Waals surface area (Å²) < 4.78 is 36.7. The van der Waals surface area contributed by atoms with Crippen LogP contribution in [0.5, 0.6) is 5.75 Å². The van der Waals surface area contributed by atoms with Gasteiger partial charge in [0.05, 0.1) is 24.0 Å². The van der Waals surface area contributed by atoms with E-state index < -0.39 is 10.0 Å². The quantitative estimate of drug-likeness (QED) is 0.583. The Labute approximate surface area is 164 Å². The summed E-state index contributed by atoms with van der Waals surface area (Å²) in [4.78, 5) is 12.1. The van der Waals surface area contributed by atoms with Gasteiger partial charge < -0.3 is 14.8 Å². The van der Waals surface area contributed by atoms with Crippen molar-refractivity contribution in [1.29, 1.82) is 5.26 Å². The molecule has 9 heteroatoms. The second kappa shape index (κ2) is 10.4. The highest BCUT2D eigenvalue weighted by atomic mass is 32.2. The molecule has 0 aliphatic heterocycles. The monoisotopic (exact) mass is 403 g/mol. The zero-order valence-electron chi connectivity index (χ0n) is 15.3. The molecule has 0 aromatic heterocycles. The molecule has 148 valence electrons. The minimum Gasteiger partial charge on any atom is -0.484 e. The van der Waals surface area contributed by atoms with Crippen LogP contribution in [0.3, 0.4) is 0 Å². The number of nitrogens with one attached hydrogen (secondary N) is 2. The van der Waals surface area contributed by atoms with Crippen LogP contribution in [0.2, 0.25) is 0 Å². The first kappa shape index (κ1) is 21.4. The number of hydrogen-bond acceptors (Lipinski definition) is 6. The third kappa shape index (κ3) is 6.66.